The van der Waals surface area contributed by atoms with Gasteiger partial charge in [0.05, 0.1) is 17.6 Å². The Morgan fingerprint density at radius 2 is 1.78 bits per heavy atom. The average molecular weight is 457 g/mol. The Morgan fingerprint density at radius 1 is 1.09 bits per heavy atom. The summed E-state index contributed by atoms with van der Waals surface area (Å²) in [5, 5.41) is 0.889. The Kier molecular flexibility index (Phi) is 6.29. The van der Waals surface area contributed by atoms with Crippen molar-refractivity contribution in [1.29, 1.82) is 0 Å². The fourth-order valence-electron chi connectivity index (χ4n) is 3.78. The molecule has 1 aliphatic rings. The summed E-state index contributed by atoms with van der Waals surface area (Å²) in [6.45, 7) is 1.36. The van der Waals surface area contributed by atoms with Gasteiger partial charge in [0.1, 0.15) is 5.58 Å². The van der Waals surface area contributed by atoms with Crippen molar-refractivity contribution in [3.05, 3.63) is 65.9 Å². The maximum absolute atomic E-state index is 12.8. The molecule has 0 aliphatic carbocycles. The van der Waals surface area contributed by atoms with E-state index in [4.69, 9.17) is 4.42 Å². The lowest BCUT2D eigenvalue weighted by molar-refractivity contribution is 0.0599. The SMILES string of the molecule is COC(=O)c1ccc(S(=O)(=O)NCC2CCN(C(=O)c3cc4ccccc4o3)CC2)cc1. The Bertz CT molecular complexity index is 1190. The third kappa shape index (κ3) is 4.68. The number of esters is 1. The molecule has 4 rings (SSSR count). The molecule has 2 aromatic carbocycles. The Balaban J connectivity index is 1.30. The number of para-hydroxylation sites is 1. The number of rotatable bonds is 6. The van der Waals surface area contributed by atoms with E-state index in [-0.39, 0.29) is 28.8 Å². The number of ether oxygens (including phenoxy) is 1. The van der Waals surface area contributed by atoms with Gasteiger partial charge in [-0.2, -0.15) is 0 Å². The summed E-state index contributed by atoms with van der Waals surface area (Å²) in [6.07, 6.45) is 1.38. The van der Waals surface area contributed by atoms with E-state index in [1.807, 2.05) is 24.3 Å². The first-order valence-electron chi connectivity index (χ1n) is 10.3. The normalized spacial score (nSPS) is 15.1. The minimum absolute atomic E-state index is 0.0858. The van der Waals surface area contributed by atoms with Crippen LogP contribution in [-0.4, -0.2) is 51.9 Å². The fourth-order valence-corrected chi connectivity index (χ4v) is 4.90. The van der Waals surface area contributed by atoms with Gasteiger partial charge < -0.3 is 14.1 Å². The second kappa shape index (κ2) is 9.13. The topological polar surface area (TPSA) is 106 Å². The zero-order valence-corrected chi connectivity index (χ0v) is 18.4. The number of nitrogens with zero attached hydrogens (tertiary/aromatic N) is 1. The monoisotopic (exact) mass is 456 g/mol. The van der Waals surface area contributed by atoms with Crippen LogP contribution < -0.4 is 4.72 Å². The number of hydrogen-bond donors (Lipinski definition) is 1. The number of likely N-dealkylation sites (tertiary alicyclic amines) is 1. The molecule has 1 N–H and O–H groups in total. The zero-order chi connectivity index (χ0) is 22.7. The van der Waals surface area contributed by atoms with Crippen LogP contribution in [-0.2, 0) is 14.8 Å². The quantitative estimate of drug-likeness (QED) is 0.572. The Hall–Kier alpha value is -3.17. The van der Waals surface area contributed by atoms with Gasteiger partial charge in [-0.15, -0.1) is 0 Å². The molecule has 1 amide bonds. The van der Waals surface area contributed by atoms with E-state index in [1.54, 1.807) is 11.0 Å². The highest BCUT2D eigenvalue weighted by molar-refractivity contribution is 7.89. The van der Waals surface area contributed by atoms with E-state index >= 15 is 0 Å². The zero-order valence-electron chi connectivity index (χ0n) is 17.6. The number of carbonyl (C=O) groups excluding carboxylic acids is 2. The van der Waals surface area contributed by atoms with Gasteiger partial charge in [0, 0.05) is 25.0 Å². The fraction of sp³-hybridized carbons (Fsp3) is 0.304. The molecule has 0 atom stereocenters. The number of carbonyl (C=O) groups is 2. The molecule has 32 heavy (non-hydrogen) atoms. The molecule has 8 nitrogen and oxygen atoms in total. The number of methoxy groups -OCH3 is 1. The van der Waals surface area contributed by atoms with Crippen LogP contribution >= 0.6 is 0 Å². The van der Waals surface area contributed by atoms with Crippen molar-refractivity contribution in [2.45, 2.75) is 17.7 Å². The van der Waals surface area contributed by atoms with Gasteiger partial charge >= 0.3 is 5.97 Å². The third-order valence-electron chi connectivity index (χ3n) is 5.69. The van der Waals surface area contributed by atoms with Crippen LogP contribution in [0, 0.1) is 5.92 Å². The second-order valence-electron chi connectivity index (χ2n) is 7.75. The second-order valence-corrected chi connectivity index (χ2v) is 9.52. The van der Waals surface area contributed by atoms with Crippen molar-refractivity contribution in [2.75, 3.05) is 26.7 Å². The lowest BCUT2D eigenvalue weighted by Gasteiger charge is -2.31. The highest BCUT2D eigenvalue weighted by atomic mass is 32.2. The third-order valence-corrected chi connectivity index (χ3v) is 7.13. The smallest absolute Gasteiger partial charge is 0.337 e. The maximum atomic E-state index is 12.8. The van der Waals surface area contributed by atoms with Crippen molar-refractivity contribution in [3.63, 3.8) is 0 Å². The Morgan fingerprint density at radius 3 is 2.44 bits per heavy atom. The highest BCUT2D eigenvalue weighted by Crippen LogP contribution is 2.23. The first-order chi connectivity index (χ1) is 15.4. The van der Waals surface area contributed by atoms with Gasteiger partial charge in [0.2, 0.25) is 10.0 Å². The lowest BCUT2D eigenvalue weighted by atomic mass is 9.97. The minimum atomic E-state index is -3.69. The van der Waals surface area contributed by atoms with E-state index < -0.39 is 16.0 Å². The average Bonchev–Trinajstić information content (AvgIpc) is 3.26. The molecule has 1 aromatic heterocycles. The number of amides is 1. The molecule has 0 unspecified atom stereocenters. The summed E-state index contributed by atoms with van der Waals surface area (Å²) in [7, 11) is -2.43. The predicted molar refractivity (Wildman–Crippen MR) is 118 cm³/mol. The van der Waals surface area contributed by atoms with E-state index in [0.717, 1.165) is 5.39 Å². The molecule has 1 fully saturated rings. The van der Waals surface area contributed by atoms with Crippen molar-refractivity contribution in [2.24, 2.45) is 5.92 Å². The molecule has 0 radical (unpaired) electrons. The molecule has 0 bridgehead atoms. The Labute approximate surface area is 186 Å². The van der Waals surface area contributed by atoms with Gasteiger partial charge in [0.15, 0.2) is 5.76 Å². The number of piperidine rings is 1. The summed E-state index contributed by atoms with van der Waals surface area (Å²) >= 11 is 0. The number of benzene rings is 2. The first kappa shape index (κ1) is 22.0. The van der Waals surface area contributed by atoms with Crippen molar-refractivity contribution >= 4 is 32.9 Å². The lowest BCUT2D eigenvalue weighted by Crippen LogP contribution is -2.41. The van der Waals surface area contributed by atoms with Crippen LogP contribution in [0.5, 0.6) is 0 Å². The van der Waals surface area contributed by atoms with Crippen molar-refractivity contribution < 1.29 is 27.2 Å². The first-order valence-corrected chi connectivity index (χ1v) is 11.8. The molecule has 0 spiro atoms. The summed E-state index contributed by atoms with van der Waals surface area (Å²) in [6, 6.07) is 14.8. The van der Waals surface area contributed by atoms with E-state index in [9.17, 15) is 18.0 Å². The van der Waals surface area contributed by atoms with Crippen LogP contribution in [0.25, 0.3) is 11.0 Å². The van der Waals surface area contributed by atoms with Crippen molar-refractivity contribution in [3.8, 4) is 0 Å². The van der Waals surface area contributed by atoms with Gasteiger partial charge in [0.25, 0.3) is 5.91 Å². The van der Waals surface area contributed by atoms with Crippen LogP contribution in [0.3, 0.4) is 0 Å². The summed E-state index contributed by atoms with van der Waals surface area (Å²) in [4.78, 5) is 26.1. The highest BCUT2D eigenvalue weighted by Gasteiger charge is 2.27. The molecule has 1 aliphatic heterocycles. The predicted octanol–water partition coefficient (Wildman–Crippen LogP) is 3.05. The van der Waals surface area contributed by atoms with Gasteiger partial charge in [-0.05, 0) is 55.2 Å². The molecule has 9 heteroatoms. The van der Waals surface area contributed by atoms with Gasteiger partial charge in [-0.1, -0.05) is 18.2 Å². The minimum Gasteiger partial charge on any atom is -0.465 e. The van der Waals surface area contributed by atoms with E-state index in [2.05, 4.69) is 9.46 Å². The van der Waals surface area contributed by atoms with Crippen LogP contribution in [0.1, 0.15) is 33.8 Å². The molecule has 0 saturated carbocycles. The molecular formula is C23H24N2O6S. The summed E-state index contributed by atoms with van der Waals surface area (Å²) in [5.74, 6) is -0.226. The van der Waals surface area contributed by atoms with Crippen LogP contribution in [0.4, 0.5) is 0 Å². The van der Waals surface area contributed by atoms with Crippen molar-refractivity contribution in [1.82, 2.24) is 9.62 Å². The van der Waals surface area contributed by atoms with E-state index in [0.29, 0.717) is 37.3 Å². The number of nitrogens with one attached hydrogen (secondary N) is 1. The maximum Gasteiger partial charge on any atom is 0.337 e. The molecule has 168 valence electrons. The number of furan rings is 1. The molecule has 1 saturated heterocycles. The van der Waals surface area contributed by atoms with Gasteiger partial charge in [-0.3, -0.25) is 4.79 Å². The van der Waals surface area contributed by atoms with Crippen LogP contribution in [0.2, 0.25) is 0 Å². The molecule has 2 heterocycles. The summed E-state index contributed by atoms with van der Waals surface area (Å²) < 4.78 is 38.1. The van der Waals surface area contributed by atoms with Crippen LogP contribution in [0.15, 0.2) is 63.9 Å². The molecular weight excluding hydrogens is 432 g/mol. The van der Waals surface area contributed by atoms with E-state index in [1.165, 1.54) is 31.4 Å². The standard InChI is InChI=1S/C23H24N2O6S/c1-30-23(27)17-6-8-19(9-7-17)32(28,29)24-15-16-10-12-25(13-11-16)22(26)21-14-18-4-2-3-5-20(18)31-21/h2-9,14,16,24H,10-13,15H2,1H3. The number of sulfonamides is 1. The molecule has 3 aromatic rings. The summed E-state index contributed by atoms with van der Waals surface area (Å²) in [5.41, 5.74) is 0.965. The van der Waals surface area contributed by atoms with Gasteiger partial charge in [-0.25, -0.2) is 17.9 Å². The largest absolute Gasteiger partial charge is 0.465 e. The number of hydrogen-bond acceptors (Lipinski definition) is 6. The number of fused-ring (bicyclic) bond motifs is 1.